The Hall–Kier alpha value is -0.180. The number of nitrogens with zero attached hydrogens (tertiary/aromatic N) is 1. The van der Waals surface area contributed by atoms with Gasteiger partial charge in [0, 0.05) is 18.3 Å². The average molecular weight is 226 g/mol. The Kier molecular flexibility index (Phi) is 3.95. The van der Waals surface area contributed by atoms with Gasteiger partial charge in [-0.15, -0.1) is 0 Å². The number of nitrogens with one attached hydrogen (secondary N) is 1. The molecule has 0 bridgehead atoms. The van der Waals surface area contributed by atoms with Crippen LogP contribution in [0.5, 0.6) is 0 Å². The first-order chi connectivity index (χ1) is 7.25. The SMILES string of the molecule is CC(C)CCN=C1NC2CCCC2CS1. The van der Waals surface area contributed by atoms with Gasteiger partial charge in [-0.3, -0.25) is 4.99 Å². The van der Waals surface area contributed by atoms with E-state index in [9.17, 15) is 0 Å². The van der Waals surface area contributed by atoms with Crippen LogP contribution in [0.3, 0.4) is 0 Å². The van der Waals surface area contributed by atoms with Crippen molar-refractivity contribution in [1.29, 1.82) is 0 Å². The van der Waals surface area contributed by atoms with E-state index in [1.54, 1.807) is 0 Å². The Bertz CT molecular complexity index is 238. The van der Waals surface area contributed by atoms with E-state index in [-0.39, 0.29) is 0 Å². The summed E-state index contributed by atoms with van der Waals surface area (Å²) in [5, 5.41) is 4.81. The van der Waals surface area contributed by atoms with Crippen molar-refractivity contribution in [2.75, 3.05) is 12.3 Å². The van der Waals surface area contributed by atoms with Crippen LogP contribution < -0.4 is 5.32 Å². The molecular weight excluding hydrogens is 204 g/mol. The number of thioether (sulfide) groups is 1. The van der Waals surface area contributed by atoms with E-state index in [0.29, 0.717) is 0 Å². The first kappa shape index (κ1) is 11.3. The highest BCUT2D eigenvalue weighted by atomic mass is 32.2. The highest BCUT2D eigenvalue weighted by Gasteiger charge is 2.31. The molecule has 0 aromatic heterocycles. The average Bonchev–Trinajstić information content (AvgIpc) is 2.64. The third-order valence-corrected chi connectivity index (χ3v) is 4.48. The number of hydrogen-bond acceptors (Lipinski definition) is 2. The molecule has 1 aliphatic heterocycles. The summed E-state index contributed by atoms with van der Waals surface area (Å²) in [5.41, 5.74) is 0. The molecule has 0 aromatic carbocycles. The summed E-state index contributed by atoms with van der Waals surface area (Å²) in [6, 6.07) is 0.740. The van der Waals surface area contributed by atoms with Crippen LogP contribution in [0.25, 0.3) is 0 Å². The van der Waals surface area contributed by atoms with Gasteiger partial charge < -0.3 is 5.32 Å². The second-order valence-electron chi connectivity index (χ2n) is 5.12. The maximum atomic E-state index is 4.65. The largest absolute Gasteiger partial charge is 0.362 e. The normalized spacial score (nSPS) is 33.1. The standard InChI is InChI=1S/C12H22N2S/c1-9(2)6-7-13-12-14-11-5-3-4-10(11)8-15-12/h9-11H,3-8H2,1-2H3,(H,13,14). The minimum atomic E-state index is 0.740. The van der Waals surface area contributed by atoms with E-state index in [2.05, 4.69) is 24.2 Å². The lowest BCUT2D eigenvalue weighted by Gasteiger charge is -2.28. The Morgan fingerprint density at radius 1 is 1.47 bits per heavy atom. The summed E-state index contributed by atoms with van der Waals surface area (Å²) >= 11 is 1.93. The van der Waals surface area contributed by atoms with Crippen LogP contribution in [0, 0.1) is 11.8 Å². The summed E-state index contributed by atoms with van der Waals surface area (Å²) in [7, 11) is 0. The van der Waals surface area contributed by atoms with Crippen molar-refractivity contribution in [2.45, 2.75) is 45.6 Å². The van der Waals surface area contributed by atoms with Gasteiger partial charge in [-0.1, -0.05) is 32.0 Å². The molecule has 2 unspecified atom stereocenters. The zero-order valence-electron chi connectivity index (χ0n) is 9.83. The zero-order chi connectivity index (χ0) is 10.7. The van der Waals surface area contributed by atoms with E-state index in [0.717, 1.165) is 24.4 Å². The fourth-order valence-corrected chi connectivity index (χ4v) is 3.52. The number of aliphatic imine (C=N–C) groups is 1. The van der Waals surface area contributed by atoms with E-state index in [1.807, 2.05) is 11.8 Å². The van der Waals surface area contributed by atoms with Crippen LogP contribution in [-0.2, 0) is 0 Å². The van der Waals surface area contributed by atoms with E-state index >= 15 is 0 Å². The van der Waals surface area contributed by atoms with Crippen molar-refractivity contribution in [2.24, 2.45) is 16.8 Å². The summed E-state index contributed by atoms with van der Waals surface area (Å²) in [6.45, 7) is 5.51. The summed E-state index contributed by atoms with van der Waals surface area (Å²) in [5.74, 6) is 2.97. The summed E-state index contributed by atoms with van der Waals surface area (Å²) in [6.07, 6.45) is 5.39. The molecule has 2 rings (SSSR count). The molecule has 1 N–H and O–H groups in total. The van der Waals surface area contributed by atoms with Crippen molar-refractivity contribution in [3.05, 3.63) is 0 Å². The smallest absolute Gasteiger partial charge is 0.156 e. The molecule has 1 saturated heterocycles. The Labute approximate surface area is 97.3 Å². The second-order valence-corrected chi connectivity index (χ2v) is 6.13. The van der Waals surface area contributed by atoms with E-state index in [4.69, 9.17) is 0 Å². The Balaban J connectivity index is 1.79. The van der Waals surface area contributed by atoms with Gasteiger partial charge in [-0.05, 0) is 31.1 Å². The third kappa shape index (κ3) is 3.13. The molecule has 1 heterocycles. The van der Waals surface area contributed by atoms with Gasteiger partial charge in [-0.2, -0.15) is 0 Å². The van der Waals surface area contributed by atoms with Gasteiger partial charge >= 0.3 is 0 Å². The fraction of sp³-hybridized carbons (Fsp3) is 0.917. The Morgan fingerprint density at radius 3 is 3.13 bits per heavy atom. The van der Waals surface area contributed by atoms with Crippen molar-refractivity contribution >= 4 is 16.9 Å². The number of fused-ring (bicyclic) bond motifs is 1. The lowest BCUT2D eigenvalue weighted by atomic mass is 10.1. The lowest BCUT2D eigenvalue weighted by molar-refractivity contribution is 0.489. The van der Waals surface area contributed by atoms with Gasteiger partial charge in [0.25, 0.3) is 0 Å². The van der Waals surface area contributed by atoms with Gasteiger partial charge in [0.05, 0.1) is 0 Å². The predicted octanol–water partition coefficient (Wildman–Crippen LogP) is 2.89. The topological polar surface area (TPSA) is 24.4 Å². The van der Waals surface area contributed by atoms with E-state index in [1.165, 1.54) is 36.6 Å². The first-order valence-corrected chi connectivity index (χ1v) is 7.18. The maximum absolute atomic E-state index is 4.65. The number of amidine groups is 1. The molecule has 2 fully saturated rings. The predicted molar refractivity (Wildman–Crippen MR) is 68.5 cm³/mol. The molecule has 2 atom stereocenters. The van der Waals surface area contributed by atoms with Crippen LogP contribution in [-0.4, -0.2) is 23.5 Å². The lowest BCUT2D eigenvalue weighted by Crippen LogP contribution is -2.41. The Morgan fingerprint density at radius 2 is 2.33 bits per heavy atom. The quantitative estimate of drug-likeness (QED) is 0.800. The molecule has 86 valence electrons. The highest BCUT2D eigenvalue weighted by Crippen LogP contribution is 2.32. The molecule has 0 amide bonds. The minimum Gasteiger partial charge on any atom is -0.362 e. The van der Waals surface area contributed by atoms with Crippen molar-refractivity contribution < 1.29 is 0 Å². The zero-order valence-corrected chi connectivity index (χ0v) is 10.6. The fourth-order valence-electron chi connectivity index (χ4n) is 2.33. The molecule has 0 radical (unpaired) electrons. The van der Waals surface area contributed by atoms with Crippen molar-refractivity contribution in [3.63, 3.8) is 0 Å². The van der Waals surface area contributed by atoms with Crippen LogP contribution in [0.4, 0.5) is 0 Å². The minimum absolute atomic E-state index is 0.740. The first-order valence-electron chi connectivity index (χ1n) is 6.19. The molecule has 0 aromatic rings. The maximum Gasteiger partial charge on any atom is 0.156 e. The van der Waals surface area contributed by atoms with E-state index < -0.39 is 0 Å². The molecule has 1 aliphatic carbocycles. The molecule has 2 nitrogen and oxygen atoms in total. The summed E-state index contributed by atoms with van der Waals surface area (Å²) < 4.78 is 0. The summed E-state index contributed by atoms with van der Waals surface area (Å²) in [4.78, 5) is 4.65. The molecular formula is C12H22N2S. The van der Waals surface area contributed by atoms with Crippen LogP contribution in [0.15, 0.2) is 4.99 Å². The third-order valence-electron chi connectivity index (χ3n) is 3.36. The molecule has 2 aliphatic rings. The van der Waals surface area contributed by atoms with Gasteiger partial charge in [-0.25, -0.2) is 0 Å². The number of hydrogen-bond donors (Lipinski definition) is 1. The van der Waals surface area contributed by atoms with Crippen molar-refractivity contribution in [3.8, 4) is 0 Å². The molecule has 3 heteroatoms. The second kappa shape index (κ2) is 5.24. The molecule has 1 saturated carbocycles. The molecule has 15 heavy (non-hydrogen) atoms. The van der Waals surface area contributed by atoms with Gasteiger partial charge in [0.1, 0.15) is 0 Å². The monoisotopic (exact) mass is 226 g/mol. The molecule has 0 spiro atoms. The van der Waals surface area contributed by atoms with Crippen molar-refractivity contribution in [1.82, 2.24) is 5.32 Å². The van der Waals surface area contributed by atoms with Gasteiger partial charge in [0.2, 0.25) is 0 Å². The van der Waals surface area contributed by atoms with Crippen LogP contribution in [0.1, 0.15) is 39.5 Å². The highest BCUT2D eigenvalue weighted by molar-refractivity contribution is 8.13. The van der Waals surface area contributed by atoms with Crippen LogP contribution in [0.2, 0.25) is 0 Å². The number of rotatable bonds is 3. The van der Waals surface area contributed by atoms with Gasteiger partial charge in [0.15, 0.2) is 5.17 Å². The van der Waals surface area contributed by atoms with Crippen LogP contribution >= 0.6 is 11.8 Å².